The number of amides is 1. The van der Waals surface area contributed by atoms with Gasteiger partial charge in [-0.25, -0.2) is 4.98 Å². The van der Waals surface area contributed by atoms with Gasteiger partial charge in [0.25, 0.3) is 0 Å². The van der Waals surface area contributed by atoms with Crippen molar-refractivity contribution in [3.63, 3.8) is 0 Å². The molecule has 0 aliphatic rings. The highest BCUT2D eigenvalue weighted by Crippen LogP contribution is 2.32. The molecule has 0 radical (unpaired) electrons. The van der Waals surface area contributed by atoms with Crippen molar-refractivity contribution in [2.75, 3.05) is 7.05 Å². The Morgan fingerprint density at radius 1 is 1.17 bits per heavy atom. The summed E-state index contributed by atoms with van der Waals surface area (Å²) >= 11 is 3.17. The van der Waals surface area contributed by atoms with Gasteiger partial charge in [0.15, 0.2) is 4.34 Å². The first-order valence-corrected chi connectivity index (χ1v) is 9.14. The molecule has 0 fully saturated rings. The largest absolute Gasteiger partial charge is 0.340 e. The molecule has 0 N–H and O–H groups in total. The minimum absolute atomic E-state index is 0.123. The summed E-state index contributed by atoms with van der Waals surface area (Å²) in [4.78, 5) is 18.9. The van der Waals surface area contributed by atoms with Crippen LogP contribution in [0.3, 0.4) is 0 Å². The minimum Gasteiger partial charge on any atom is -0.340 e. The monoisotopic (exact) mass is 342 g/mol. The zero-order valence-corrected chi connectivity index (χ0v) is 14.7. The van der Waals surface area contributed by atoms with Crippen molar-refractivity contribution in [3.05, 3.63) is 60.2 Å². The Morgan fingerprint density at radius 3 is 2.61 bits per heavy atom. The summed E-state index contributed by atoms with van der Waals surface area (Å²) in [6, 6.07) is 18.1. The van der Waals surface area contributed by atoms with Crippen LogP contribution in [0.2, 0.25) is 0 Å². The number of aromatic nitrogens is 1. The third-order valence-electron chi connectivity index (χ3n) is 3.54. The smallest absolute Gasteiger partial charge is 0.235 e. The van der Waals surface area contributed by atoms with Crippen LogP contribution in [-0.2, 0) is 11.3 Å². The number of nitrogens with zero attached hydrogens (tertiary/aromatic N) is 2. The van der Waals surface area contributed by atoms with Gasteiger partial charge in [0.2, 0.25) is 5.91 Å². The number of carbonyl (C=O) groups excluding carboxylic acids is 1. The molecule has 1 heterocycles. The Kier molecular flexibility index (Phi) is 4.98. The fourth-order valence-electron chi connectivity index (χ4n) is 2.35. The first-order chi connectivity index (χ1) is 11.1. The van der Waals surface area contributed by atoms with Crippen LogP contribution in [0, 0.1) is 0 Å². The van der Waals surface area contributed by atoms with Gasteiger partial charge in [-0.15, -0.1) is 11.3 Å². The Balaban J connectivity index is 1.64. The molecular formula is C18H18N2OS2. The van der Waals surface area contributed by atoms with Crippen LogP contribution < -0.4 is 0 Å². The maximum Gasteiger partial charge on any atom is 0.235 e. The van der Waals surface area contributed by atoms with Gasteiger partial charge in [-0.05, 0) is 24.6 Å². The van der Waals surface area contributed by atoms with Crippen LogP contribution in [0.25, 0.3) is 10.2 Å². The molecule has 3 aromatic rings. The quantitative estimate of drug-likeness (QED) is 0.643. The number of hydrogen-bond donors (Lipinski definition) is 0. The summed E-state index contributed by atoms with van der Waals surface area (Å²) < 4.78 is 2.10. The molecule has 2 aromatic carbocycles. The van der Waals surface area contributed by atoms with Crippen molar-refractivity contribution in [2.45, 2.75) is 23.1 Å². The normalized spacial score (nSPS) is 12.3. The number of thioether (sulfide) groups is 1. The van der Waals surface area contributed by atoms with E-state index in [0.717, 1.165) is 20.1 Å². The second-order valence-corrected chi connectivity index (χ2v) is 8.01. The number of benzene rings is 2. The van der Waals surface area contributed by atoms with Crippen LogP contribution >= 0.6 is 23.1 Å². The topological polar surface area (TPSA) is 33.2 Å². The van der Waals surface area contributed by atoms with Gasteiger partial charge < -0.3 is 4.90 Å². The minimum atomic E-state index is -0.149. The lowest BCUT2D eigenvalue weighted by atomic mass is 10.2. The summed E-state index contributed by atoms with van der Waals surface area (Å²) in [5, 5.41) is -0.149. The molecule has 0 unspecified atom stereocenters. The molecule has 118 valence electrons. The van der Waals surface area contributed by atoms with Crippen LogP contribution in [-0.4, -0.2) is 28.1 Å². The van der Waals surface area contributed by atoms with E-state index in [1.54, 1.807) is 16.2 Å². The Hall–Kier alpha value is -1.85. The average Bonchev–Trinajstić information content (AvgIpc) is 2.97. The van der Waals surface area contributed by atoms with E-state index in [-0.39, 0.29) is 11.2 Å². The summed E-state index contributed by atoms with van der Waals surface area (Å²) in [5.74, 6) is 0.123. The third-order valence-corrected chi connectivity index (χ3v) is 5.76. The average molecular weight is 342 g/mol. The lowest BCUT2D eigenvalue weighted by Crippen LogP contribution is -2.32. The van der Waals surface area contributed by atoms with Gasteiger partial charge in [-0.2, -0.15) is 0 Å². The Bertz CT molecular complexity index is 768. The standard InChI is InChI=1S/C18H18N2OS2/c1-13(17(21)20(2)12-14-8-4-3-5-9-14)22-18-19-15-10-6-7-11-16(15)23-18/h3-11,13H,12H2,1-2H3/t13-/m1/s1. The molecule has 0 aliphatic carbocycles. The number of rotatable bonds is 5. The summed E-state index contributed by atoms with van der Waals surface area (Å²) in [6.07, 6.45) is 0. The molecule has 23 heavy (non-hydrogen) atoms. The van der Waals surface area contributed by atoms with E-state index in [1.165, 1.54) is 11.8 Å². The van der Waals surface area contributed by atoms with E-state index < -0.39 is 0 Å². The molecule has 5 heteroatoms. The number of fused-ring (bicyclic) bond motifs is 1. The summed E-state index contributed by atoms with van der Waals surface area (Å²) in [5.41, 5.74) is 2.14. The maximum absolute atomic E-state index is 12.5. The molecule has 1 aromatic heterocycles. The lowest BCUT2D eigenvalue weighted by molar-refractivity contribution is -0.129. The highest BCUT2D eigenvalue weighted by Gasteiger charge is 2.20. The molecule has 1 amide bonds. The molecule has 0 saturated heterocycles. The van der Waals surface area contributed by atoms with E-state index >= 15 is 0 Å². The first-order valence-electron chi connectivity index (χ1n) is 7.44. The number of thiazole rings is 1. The van der Waals surface area contributed by atoms with Gasteiger partial charge in [0.1, 0.15) is 0 Å². The van der Waals surface area contributed by atoms with Gasteiger partial charge in [-0.1, -0.05) is 54.2 Å². The van der Waals surface area contributed by atoms with Crippen LogP contribution in [0.15, 0.2) is 58.9 Å². The van der Waals surface area contributed by atoms with E-state index in [1.807, 2.05) is 62.5 Å². The summed E-state index contributed by atoms with van der Waals surface area (Å²) in [7, 11) is 1.85. The van der Waals surface area contributed by atoms with Gasteiger partial charge in [0.05, 0.1) is 15.5 Å². The van der Waals surface area contributed by atoms with Crippen LogP contribution in [0.5, 0.6) is 0 Å². The molecule has 0 saturated carbocycles. The molecule has 0 spiro atoms. The molecule has 3 rings (SSSR count). The highest BCUT2D eigenvalue weighted by atomic mass is 32.2. The second kappa shape index (κ2) is 7.15. The van der Waals surface area contributed by atoms with E-state index in [2.05, 4.69) is 11.1 Å². The SMILES string of the molecule is C[C@@H](Sc1nc2ccccc2s1)C(=O)N(C)Cc1ccccc1. The number of para-hydroxylation sites is 1. The highest BCUT2D eigenvalue weighted by molar-refractivity contribution is 8.02. The second-order valence-electron chi connectivity index (χ2n) is 5.39. The van der Waals surface area contributed by atoms with E-state index in [4.69, 9.17) is 0 Å². The zero-order valence-electron chi connectivity index (χ0n) is 13.1. The van der Waals surface area contributed by atoms with Crippen LogP contribution in [0.1, 0.15) is 12.5 Å². The van der Waals surface area contributed by atoms with Crippen molar-refractivity contribution in [2.24, 2.45) is 0 Å². The molecule has 1 atom stereocenters. The first kappa shape index (κ1) is 16.0. The van der Waals surface area contributed by atoms with Crippen molar-refractivity contribution < 1.29 is 4.79 Å². The van der Waals surface area contributed by atoms with Crippen LogP contribution in [0.4, 0.5) is 0 Å². The lowest BCUT2D eigenvalue weighted by Gasteiger charge is -2.20. The van der Waals surface area contributed by atoms with E-state index in [0.29, 0.717) is 6.54 Å². The number of carbonyl (C=O) groups is 1. The summed E-state index contributed by atoms with van der Waals surface area (Å²) in [6.45, 7) is 2.57. The zero-order chi connectivity index (χ0) is 16.2. The Labute approximate surface area is 144 Å². The van der Waals surface area contributed by atoms with E-state index in [9.17, 15) is 4.79 Å². The van der Waals surface area contributed by atoms with Crippen molar-refractivity contribution >= 4 is 39.2 Å². The molecule has 0 bridgehead atoms. The molecular weight excluding hydrogens is 324 g/mol. The molecule has 3 nitrogen and oxygen atoms in total. The predicted molar refractivity (Wildman–Crippen MR) is 97.9 cm³/mol. The van der Waals surface area contributed by atoms with Gasteiger partial charge in [-0.3, -0.25) is 4.79 Å². The van der Waals surface area contributed by atoms with Crippen molar-refractivity contribution in [1.82, 2.24) is 9.88 Å². The fourth-order valence-corrected chi connectivity index (χ4v) is 4.67. The Morgan fingerprint density at radius 2 is 1.87 bits per heavy atom. The third kappa shape index (κ3) is 3.92. The maximum atomic E-state index is 12.5. The van der Waals surface area contributed by atoms with Gasteiger partial charge in [0, 0.05) is 13.6 Å². The van der Waals surface area contributed by atoms with Crippen molar-refractivity contribution in [1.29, 1.82) is 0 Å². The van der Waals surface area contributed by atoms with Gasteiger partial charge >= 0.3 is 0 Å². The predicted octanol–water partition coefficient (Wildman–Crippen LogP) is 4.44. The molecule has 0 aliphatic heterocycles. The number of hydrogen-bond acceptors (Lipinski definition) is 4. The van der Waals surface area contributed by atoms with Crippen molar-refractivity contribution in [3.8, 4) is 0 Å². The fraction of sp³-hybridized carbons (Fsp3) is 0.222.